The van der Waals surface area contributed by atoms with Crippen molar-refractivity contribution < 1.29 is 37.3 Å². The van der Waals surface area contributed by atoms with Gasteiger partial charge in [-0.05, 0) is 50.1 Å². The maximum absolute atomic E-state index is 14.3. The summed E-state index contributed by atoms with van der Waals surface area (Å²) < 4.78 is 59.6. The monoisotopic (exact) mass is 574 g/mol. The molecule has 3 aromatic rings. The zero-order valence-electron chi connectivity index (χ0n) is 22.7. The van der Waals surface area contributed by atoms with Crippen molar-refractivity contribution >= 4 is 17.5 Å². The van der Waals surface area contributed by atoms with E-state index in [4.69, 9.17) is 14.2 Å². The Morgan fingerprint density at radius 2 is 1.80 bits per heavy atom. The van der Waals surface area contributed by atoms with E-state index in [0.29, 0.717) is 46.0 Å². The Kier molecular flexibility index (Phi) is 7.56. The highest BCUT2D eigenvalue weighted by atomic mass is 19.4. The lowest BCUT2D eigenvalue weighted by atomic mass is 10.0. The van der Waals surface area contributed by atoms with E-state index in [1.165, 1.54) is 26.4 Å². The standard InChI is InChI=1S/C28H29F3N4O6/c1-4-41-27(38)34-10-8-21-24(16-11-19(39-2)14-20(12-16)40-3)32-35(26(37)25(21)34)23-13-17(33-9-7-18(36)15-33)5-6-22(23)28(29,30)31/h5-6,11-14,18,36H,4,7-10,15H2,1-3H3/t18-/m0/s1. The molecule has 0 spiro atoms. The minimum absolute atomic E-state index is 0.0475. The number of aliphatic hydroxyl groups excluding tert-OH is 1. The molecular formula is C28H29F3N4O6. The predicted octanol–water partition coefficient (Wildman–Crippen LogP) is 4.03. The van der Waals surface area contributed by atoms with Gasteiger partial charge >= 0.3 is 12.3 Å². The highest BCUT2D eigenvalue weighted by molar-refractivity contribution is 5.92. The molecule has 0 unspecified atom stereocenters. The van der Waals surface area contributed by atoms with Crippen LogP contribution in [0.3, 0.4) is 0 Å². The van der Waals surface area contributed by atoms with Gasteiger partial charge in [-0.3, -0.25) is 9.69 Å². The Balaban J connectivity index is 1.80. The molecule has 1 amide bonds. The predicted molar refractivity (Wildman–Crippen MR) is 144 cm³/mol. The summed E-state index contributed by atoms with van der Waals surface area (Å²) in [6.07, 6.45) is -5.53. The van der Waals surface area contributed by atoms with E-state index in [9.17, 15) is 27.9 Å². The Hall–Kier alpha value is -4.26. The summed E-state index contributed by atoms with van der Waals surface area (Å²) in [5, 5.41) is 14.5. The number of rotatable bonds is 6. The molecule has 2 aliphatic heterocycles. The lowest BCUT2D eigenvalue weighted by Gasteiger charge is -2.23. The molecule has 0 radical (unpaired) electrons. The second-order valence-corrected chi connectivity index (χ2v) is 9.68. The molecule has 1 fully saturated rings. The van der Waals surface area contributed by atoms with Gasteiger partial charge in [0.05, 0.1) is 43.9 Å². The third-order valence-corrected chi connectivity index (χ3v) is 7.18. The van der Waals surface area contributed by atoms with Gasteiger partial charge < -0.3 is 24.2 Å². The summed E-state index contributed by atoms with van der Waals surface area (Å²) in [6, 6.07) is 8.32. The lowest BCUT2D eigenvalue weighted by molar-refractivity contribution is -0.137. The van der Waals surface area contributed by atoms with Crippen LogP contribution in [0.4, 0.5) is 29.3 Å². The number of aliphatic hydroxyl groups is 1. The van der Waals surface area contributed by atoms with Gasteiger partial charge in [0.2, 0.25) is 0 Å². The van der Waals surface area contributed by atoms with Crippen LogP contribution in [0.25, 0.3) is 16.9 Å². The molecule has 2 aromatic carbocycles. The molecule has 1 N–H and O–H groups in total. The second kappa shape index (κ2) is 11.0. The van der Waals surface area contributed by atoms with Gasteiger partial charge in [0.15, 0.2) is 0 Å². The van der Waals surface area contributed by atoms with Gasteiger partial charge in [-0.25, -0.2) is 4.79 Å². The van der Waals surface area contributed by atoms with Gasteiger partial charge in [0.25, 0.3) is 5.56 Å². The summed E-state index contributed by atoms with van der Waals surface area (Å²) in [7, 11) is 2.91. The maximum Gasteiger partial charge on any atom is 0.418 e. The molecular weight excluding hydrogens is 545 g/mol. The number of nitrogens with zero attached hydrogens (tertiary/aromatic N) is 4. The number of hydrogen-bond donors (Lipinski definition) is 1. The summed E-state index contributed by atoms with van der Waals surface area (Å²) in [4.78, 5) is 29.7. The van der Waals surface area contributed by atoms with Crippen molar-refractivity contribution in [3.63, 3.8) is 0 Å². The van der Waals surface area contributed by atoms with Gasteiger partial charge in [-0.1, -0.05) is 0 Å². The average Bonchev–Trinajstić information content (AvgIpc) is 3.59. The number of aromatic nitrogens is 2. The van der Waals surface area contributed by atoms with E-state index >= 15 is 0 Å². The van der Waals surface area contributed by atoms with Crippen molar-refractivity contribution in [2.75, 3.05) is 50.3 Å². The van der Waals surface area contributed by atoms with Crippen LogP contribution in [0.1, 0.15) is 24.5 Å². The maximum atomic E-state index is 14.3. The molecule has 1 atom stereocenters. The van der Waals surface area contributed by atoms with Gasteiger partial charge in [-0.2, -0.15) is 23.0 Å². The first-order valence-corrected chi connectivity index (χ1v) is 13.0. The fourth-order valence-electron chi connectivity index (χ4n) is 5.23. The fraction of sp³-hybridized carbons (Fsp3) is 0.393. The number of alkyl halides is 3. The van der Waals surface area contributed by atoms with E-state index < -0.39 is 35.2 Å². The molecule has 0 saturated carbocycles. The topological polar surface area (TPSA) is 106 Å². The Morgan fingerprint density at radius 1 is 1.10 bits per heavy atom. The van der Waals surface area contributed by atoms with Crippen molar-refractivity contribution in [2.45, 2.75) is 32.0 Å². The Labute approximate surface area is 233 Å². The Morgan fingerprint density at radius 3 is 2.39 bits per heavy atom. The van der Waals surface area contributed by atoms with Gasteiger partial charge in [0.1, 0.15) is 17.2 Å². The molecule has 1 aromatic heterocycles. The number of carbonyl (C=O) groups excluding carboxylic acids is 1. The first-order valence-electron chi connectivity index (χ1n) is 13.0. The second-order valence-electron chi connectivity index (χ2n) is 9.68. The number of anilines is 2. The first-order chi connectivity index (χ1) is 19.5. The molecule has 13 heteroatoms. The number of β-amino-alcohol motifs (C(OH)–C–C–N with tert-alkyl or cyclic N) is 1. The third-order valence-electron chi connectivity index (χ3n) is 7.18. The van der Waals surface area contributed by atoms with Crippen LogP contribution in [0.5, 0.6) is 11.5 Å². The van der Waals surface area contributed by atoms with E-state index in [0.717, 1.165) is 11.0 Å². The lowest BCUT2D eigenvalue weighted by Crippen LogP contribution is -2.36. The van der Waals surface area contributed by atoms with Gasteiger partial charge in [-0.15, -0.1) is 0 Å². The van der Waals surface area contributed by atoms with Crippen LogP contribution in [0.15, 0.2) is 41.2 Å². The molecule has 41 heavy (non-hydrogen) atoms. The SMILES string of the molecule is CCOC(=O)N1CCc2c(-c3cc(OC)cc(OC)c3)nn(-c3cc(N4CC[C@H](O)C4)ccc3C(F)(F)F)c(=O)c21. The van der Waals surface area contributed by atoms with Crippen LogP contribution in [-0.4, -0.2) is 67.5 Å². The molecule has 0 aliphatic carbocycles. The molecule has 0 bridgehead atoms. The smallest absolute Gasteiger partial charge is 0.418 e. The average molecular weight is 575 g/mol. The molecule has 3 heterocycles. The number of amides is 1. The molecule has 1 saturated heterocycles. The highest BCUT2D eigenvalue weighted by Crippen LogP contribution is 2.39. The number of hydrogen-bond acceptors (Lipinski definition) is 8. The minimum atomic E-state index is -4.82. The van der Waals surface area contributed by atoms with Crippen LogP contribution < -0.4 is 24.8 Å². The minimum Gasteiger partial charge on any atom is -0.497 e. The first kappa shape index (κ1) is 28.3. The zero-order chi connectivity index (χ0) is 29.5. The summed E-state index contributed by atoms with van der Waals surface area (Å²) in [5.41, 5.74) is -1.18. The van der Waals surface area contributed by atoms with Crippen molar-refractivity contribution in [1.82, 2.24) is 9.78 Å². The number of methoxy groups -OCH3 is 2. The highest BCUT2D eigenvalue weighted by Gasteiger charge is 2.38. The summed E-state index contributed by atoms with van der Waals surface area (Å²) >= 11 is 0. The van der Waals surface area contributed by atoms with Crippen molar-refractivity contribution in [3.05, 3.63) is 57.9 Å². The van der Waals surface area contributed by atoms with Crippen LogP contribution >= 0.6 is 0 Å². The summed E-state index contributed by atoms with van der Waals surface area (Å²) in [6.45, 7) is 2.42. The largest absolute Gasteiger partial charge is 0.497 e. The van der Waals surface area contributed by atoms with Crippen LogP contribution in [0.2, 0.25) is 0 Å². The molecule has 10 nitrogen and oxygen atoms in total. The van der Waals surface area contributed by atoms with Crippen molar-refractivity contribution in [3.8, 4) is 28.4 Å². The van der Waals surface area contributed by atoms with E-state index in [2.05, 4.69) is 5.10 Å². The zero-order valence-corrected chi connectivity index (χ0v) is 22.7. The quantitative estimate of drug-likeness (QED) is 0.471. The van der Waals surface area contributed by atoms with Crippen LogP contribution in [-0.2, 0) is 17.3 Å². The number of benzene rings is 2. The number of fused-ring (bicyclic) bond motifs is 1. The molecule has 5 rings (SSSR count). The van der Waals surface area contributed by atoms with Gasteiger partial charge in [0, 0.05) is 42.5 Å². The molecule has 218 valence electrons. The fourth-order valence-corrected chi connectivity index (χ4v) is 5.23. The number of halogens is 3. The normalized spacial score (nSPS) is 16.6. The van der Waals surface area contributed by atoms with E-state index in [1.807, 2.05) is 0 Å². The molecule has 2 aliphatic rings. The number of ether oxygens (including phenoxy) is 3. The summed E-state index contributed by atoms with van der Waals surface area (Å²) in [5.74, 6) is 0.803. The van der Waals surface area contributed by atoms with E-state index in [-0.39, 0.29) is 37.5 Å². The van der Waals surface area contributed by atoms with E-state index in [1.54, 1.807) is 30.0 Å². The number of carbonyl (C=O) groups is 1. The third kappa shape index (κ3) is 5.29. The Bertz CT molecular complexity index is 1520. The van der Waals surface area contributed by atoms with Crippen LogP contribution in [0, 0.1) is 0 Å². The van der Waals surface area contributed by atoms with Crippen molar-refractivity contribution in [2.24, 2.45) is 0 Å². The van der Waals surface area contributed by atoms with Crippen molar-refractivity contribution in [1.29, 1.82) is 0 Å².